The van der Waals surface area contributed by atoms with Crippen LogP contribution in [0.4, 0.5) is 0 Å². The average Bonchev–Trinajstić information content (AvgIpc) is 3.19. The molecule has 3 rings (SSSR count). The van der Waals surface area contributed by atoms with Crippen molar-refractivity contribution in [2.75, 3.05) is 32.7 Å². The van der Waals surface area contributed by atoms with Crippen LogP contribution in [0, 0.1) is 25.2 Å². The van der Waals surface area contributed by atoms with Gasteiger partial charge in [-0.15, -0.1) is 0 Å². The van der Waals surface area contributed by atoms with Crippen LogP contribution >= 0.6 is 0 Å². The fourth-order valence-electron chi connectivity index (χ4n) is 3.91. The molecule has 0 spiro atoms. The van der Waals surface area contributed by atoms with Gasteiger partial charge in [-0.3, -0.25) is 14.6 Å². The number of nitrogens with zero attached hydrogens (tertiary/aromatic N) is 4. The summed E-state index contributed by atoms with van der Waals surface area (Å²) in [6.07, 6.45) is 0. The van der Waals surface area contributed by atoms with Gasteiger partial charge in [0.05, 0.1) is 18.2 Å². The summed E-state index contributed by atoms with van der Waals surface area (Å²) in [5.41, 5.74) is 5.04. The molecule has 0 amide bonds. The quantitative estimate of drug-likeness (QED) is 0.300. The molecule has 0 atom stereocenters. The van der Waals surface area contributed by atoms with E-state index in [0.29, 0.717) is 12.1 Å². The van der Waals surface area contributed by atoms with Crippen LogP contribution in [0.2, 0.25) is 0 Å². The Morgan fingerprint density at radius 3 is 1.67 bits per heavy atom. The molecule has 13 heteroatoms. The van der Waals surface area contributed by atoms with Gasteiger partial charge < -0.3 is 25.0 Å². The number of carbonyl (C=O) groups excluding carboxylic acids is 1. The van der Waals surface area contributed by atoms with Crippen molar-refractivity contribution < 1.29 is 44.4 Å². The van der Waals surface area contributed by atoms with E-state index in [0.717, 1.165) is 56.2 Å². The molecule has 0 bridgehead atoms. The highest BCUT2D eigenvalue weighted by atomic mass is 16.4. The normalized spacial score (nSPS) is 13.1. The van der Waals surface area contributed by atoms with Crippen molar-refractivity contribution in [2.45, 2.75) is 33.9 Å². The predicted molar refractivity (Wildman–Crippen MR) is 137 cm³/mol. The van der Waals surface area contributed by atoms with Gasteiger partial charge in [-0.2, -0.15) is 5.26 Å². The molecule has 0 aliphatic carbocycles. The number of aromatic nitrogens is 1. The minimum absolute atomic E-state index is 0.225. The number of hydrogen-bond donors (Lipinski definition) is 4. The molecular formula is C26H32N4O9. The number of carbonyl (C=O) groups is 5. The summed E-state index contributed by atoms with van der Waals surface area (Å²) in [4.78, 5) is 53.8. The predicted octanol–water partition coefficient (Wildman–Crippen LogP) is 1.31. The van der Waals surface area contributed by atoms with Crippen LogP contribution < -0.4 is 0 Å². The average molecular weight is 545 g/mol. The number of rotatable bonds is 6. The Kier molecular flexibility index (Phi) is 13.0. The molecule has 1 aromatic heterocycles. The summed E-state index contributed by atoms with van der Waals surface area (Å²) in [6.45, 7) is 12.3. The number of hydrogen-bond acceptors (Lipinski definition) is 8. The first-order valence-electron chi connectivity index (χ1n) is 11.9. The maximum Gasteiger partial charge on any atom is 0.414 e. The zero-order valence-corrected chi connectivity index (χ0v) is 22.0. The minimum Gasteiger partial charge on any atom is -0.473 e. The SMILES string of the molecule is CCn1c(C)cc(C(=O)CN2CCN(Cc3ccc(C#N)cc3)CC2)c1C.O=C(O)C(=O)O.O=C(O)C(=O)O. The summed E-state index contributed by atoms with van der Waals surface area (Å²) in [5.74, 6) is -7.07. The molecule has 1 aliphatic rings. The fraction of sp³-hybridized carbons (Fsp3) is 0.385. The van der Waals surface area contributed by atoms with Crippen LogP contribution in [0.15, 0.2) is 30.3 Å². The van der Waals surface area contributed by atoms with Crippen molar-refractivity contribution in [1.29, 1.82) is 5.26 Å². The van der Waals surface area contributed by atoms with E-state index < -0.39 is 23.9 Å². The van der Waals surface area contributed by atoms with Crippen LogP contribution in [0.3, 0.4) is 0 Å². The molecule has 1 aliphatic heterocycles. The van der Waals surface area contributed by atoms with E-state index in [1.165, 1.54) is 5.56 Å². The van der Waals surface area contributed by atoms with Crippen LogP contribution in [-0.4, -0.2) is 97.2 Å². The molecule has 2 aromatic rings. The number of ketones is 1. The van der Waals surface area contributed by atoms with Crippen molar-refractivity contribution in [2.24, 2.45) is 0 Å². The molecule has 1 fully saturated rings. The third kappa shape index (κ3) is 10.8. The Morgan fingerprint density at radius 2 is 1.28 bits per heavy atom. The van der Waals surface area contributed by atoms with E-state index in [4.69, 9.17) is 44.9 Å². The summed E-state index contributed by atoms with van der Waals surface area (Å²) >= 11 is 0. The Hall–Kier alpha value is -4.54. The van der Waals surface area contributed by atoms with Gasteiger partial charge in [0, 0.05) is 56.2 Å². The number of aryl methyl sites for hydroxylation is 1. The highest BCUT2D eigenvalue weighted by Gasteiger charge is 2.22. The maximum absolute atomic E-state index is 12.8. The van der Waals surface area contributed by atoms with E-state index >= 15 is 0 Å². The van der Waals surface area contributed by atoms with Gasteiger partial charge in [0.25, 0.3) is 0 Å². The topological polar surface area (TPSA) is 201 Å². The number of aliphatic carboxylic acids is 4. The molecule has 0 saturated carbocycles. The first kappa shape index (κ1) is 32.5. The lowest BCUT2D eigenvalue weighted by molar-refractivity contribution is -0.159. The van der Waals surface area contributed by atoms with Crippen molar-refractivity contribution in [3.8, 4) is 6.07 Å². The van der Waals surface area contributed by atoms with Gasteiger partial charge in [0.15, 0.2) is 5.78 Å². The van der Waals surface area contributed by atoms with E-state index in [-0.39, 0.29) is 5.78 Å². The number of carboxylic acid groups (broad SMARTS) is 4. The zero-order valence-electron chi connectivity index (χ0n) is 22.0. The van der Waals surface area contributed by atoms with Crippen molar-refractivity contribution in [3.63, 3.8) is 0 Å². The second-order valence-corrected chi connectivity index (χ2v) is 8.53. The molecule has 210 valence electrons. The summed E-state index contributed by atoms with van der Waals surface area (Å²) in [5, 5.41) is 38.5. The van der Waals surface area contributed by atoms with Crippen molar-refractivity contribution in [1.82, 2.24) is 14.4 Å². The van der Waals surface area contributed by atoms with Crippen LogP contribution in [0.25, 0.3) is 0 Å². The molecule has 39 heavy (non-hydrogen) atoms. The molecule has 0 radical (unpaired) electrons. The number of nitriles is 1. The van der Waals surface area contributed by atoms with Gasteiger partial charge in [0.2, 0.25) is 0 Å². The minimum atomic E-state index is -1.82. The molecular weight excluding hydrogens is 512 g/mol. The van der Waals surface area contributed by atoms with Crippen molar-refractivity contribution >= 4 is 29.7 Å². The Labute approximate surface area is 225 Å². The van der Waals surface area contributed by atoms with E-state index in [2.05, 4.69) is 34.3 Å². The Balaban J connectivity index is 0.000000530. The Bertz CT molecular complexity index is 1170. The fourth-order valence-corrected chi connectivity index (χ4v) is 3.91. The van der Waals surface area contributed by atoms with Crippen LogP contribution in [0.5, 0.6) is 0 Å². The summed E-state index contributed by atoms with van der Waals surface area (Å²) in [6, 6.07) is 12.0. The maximum atomic E-state index is 12.8. The van der Waals surface area contributed by atoms with E-state index in [1.54, 1.807) is 0 Å². The lowest BCUT2D eigenvalue weighted by Crippen LogP contribution is -2.47. The summed E-state index contributed by atoms with van der Waals surface area (Å²) in [7, 11) is 0. The van der Waals surface area contributed by atoms with Crippen LogP contribution in [0.1, 0.15) is 39.8 Å². The third-order valence-electron chi connectivity index (χ3n) is 5.88. The molecule has 1 aromatic carbocycles. The number of piperazine rings is 1. The number of Topliss-reactive ketones (excluding diaryl/α,β-unsaturated/α-hetero) is 1. The van der Waals surface area contributed by atoms with E-state index in [9.17, 15) is 4.79 Å². The largest absolute Gasteiger partial charge is 0.473 e. The first-order chi connectivity index (χ1) is 18.3. The van der Waals surface area contributed by atoms with Gasteiger partial charge >= 0.3 is 23.9 Å². The standard InChI is InChI=1S/C22H28N4O.2C2H2O4/c1-4-26-17(2)13-21(18(26)3)22(27)16-25-11-9-24(10-12-25)15-20-7-5-19(14-23)6-8-20;2*3-1(4)2(5)6/h5-8,13H,4,9-12,15-16H2,1-3H3;2*(H,3,4)(H,5,6). The third-order valence-corrected chi connectivity index (χ3v) is 5.88. The Morgan fingerprint density at radius 1 is 0.821 bits per heavy atom. The van der Waals surface area contributed by atoms with Crippen LogP contribution in [-0.2, 0) is 32.3 Å². The lowest BCUT2D eigenvalue weighted by atomic mass is 10.1. The van der Waals surface area contributed by atoms with Gasteiger partial charge in [-0.1, -0.05) is 12.1 Å². The highest BCUT2D eigenvalue weighted by molar-refractivity contribution is 6.27. The molecule has 1 saturated heterocycles. The second kappa shape index (κ2) is 15.7. The lowest BCUT2D eigenvalue weighted by Gasteiger charge is -2.34. The van der Waals surface area contributed by atoms with Crippen molar-refractivity contribution in [3.05, 3.63) is 58.4 Å². The van der Waals surface area contributed by atoms with Gasteiger partial charge in [-0.25, -0.2) is 19.2 Å². The summed E-state index contributed by atoms with van der Waals surface area (Å²) < 4.78 is 2.20. The zero-order chi connectivity index (χ0) is 29.7. The smallest absolute Gasteiger partial charge is 0.414 e. The van der Waals surface area contributed by atoms with E-state index in [1.807, 2.05) is 37.3 Å². The molecule has 13 nitrogen and oxygen atoms in total. The van der Waals surface area contributed by atoms with Gasteiger partial charge in [0.1, 0.15) is 0 Å². The molecule has 0 unspecified atom stereocenters. The second-order valence-electron chi connectivity index (χ2n) is 8.53. The monoisotopic (exact) mass is 544 g/mol. The number of benzene rings is 1. The number of carboxylic acids is 4. The molecule has 4 N–H and O–H groups in total. The molecule has 2 heterocycles. The van der Waals surface area contributed by atoms with Gasteiger partial charge in [-0.05, 0) is 44.5 Å². The highest BCUT2D eigenvalue weighted by Crippen LogP contribution is 2.17. The first-order valence-corrected chi connectivity index (χ1v) is 11.9.